The Hall–Kier alpha value is -3.15. The van der Waals surface area contributed by atoms with Crippen molar-refractivity contribution in [3.05, 3.63) is 64.7 Å². The Labute approximate surface area is 164 Å². The first-order valence-electron chi connectivity index (χ1n) is 9.11. The van der Waals surface area contributed by atoms with E-state index >= 15 is 0 Å². The highest BCUT2D eigenvalue weighted by Crippen LogP contribution is 2.21. The van der Waals surface area contributed by atoms with Gasteiger partial charge in [-0.15, -0.1) is 0 Å². The third-order valence-corrected chi connectivity index (χ3v) is 4.59. The molecule has 0 aliphatic rings. The predicted molar refractivity (Wildman–Crippen MR) is 106 cm³/mol. The van der Waals surface area contributed by atoms with E-state index in [0.29, 0.717) is 29.9 Å². The van der Waals surface area contributed by atoms with Crippen LogP contribution in [0.2, 0.25) is 0 Å². The van der Waals surface area contributed by atoms with E-state index in [1.807, 2.05) is 19.9 Å². The summed E-state index contributed by atoms with van der Waals surface area (Å²) in [5, 5.41) is 12.1. The molecule has 1 amide bonds. The third-order valence-electron chi connectivity index (χ3n) is 4.59. The number of Topliss-reactive ketones (excluding diaryl/α,β-unsaturated/α-hetero) is 1. The molecule has 0 fully saturated rings. The molecule has 6 nitrogen and oxygen atoms in total. The molecule has 6 heteroatoms. The van der Waals surface area contributed by atoms with Crippen LogP contribution in [0.5, 0.6) is 5.75 Å². The van der Waals surface area contributed by atoms with Crippen LogP contribution in [0.1, 0.15) is 52.9 Å². The maximum Gasteiger partial charge on any atom is 0.330 e. The molecule has 0 aliphatic heterocycles. The van der Waals surface area contributed by atoms with Crippen molar-refractivity contribution in [3.8, 4) is 5.75 Å². The van der Waals surface area contributed by atoms with Gasteiger partial charge in [0, 0.05) is 12.0 Å². The molecule has 2 aromatic carbocycles. The number of carbonyl (C=O) groups excluding carboxylic acids is 2. The molecular weight excluding hydrogens is 358 g/mol. The first-order valence-corrected chi connectivity index (χ1v) is 9.11. The number of hydrogen-bond donors (Lipinski definition) is 2. The minimum Gasteiger partial charge on any atom is -0.494 e. The van der Waals surface area contributed by atoms with Crippen molar-refractivity contribution in [3.63, 3.8) is 0 Å². The lowest BCUT2D eigenvalue weighted by Gasteiger charge is -2.18. The number of carboxylic acids is 1. The summed E-state index contributed by atoms with van der Waals surface area (Å²) in [6.45, 7) is 5.56. The zero-order valence-corrected chi connectivity index (χ0v) is 16.3. The Bertz CT molecular complexity index is 858. The normalized spacial score (nSPS) is 11.5. The number of ketones is 1. The molecule has 0 heterocycles. The Morgan fingerprint density at radius 1 is 1.07 bits per heavy atom. The highest BCUT2D eigenvalue weighted by Gasteiger charge is 2.23. The lowest BCUT2D eigenvalue weighted by Crippen LogP contribution is -2.34. The predicted octanol–water partition coefficient (Wildman–Crippen LogP) is 3.61. The number of hydrogen-bond acceptors (Lipinski definition) is 4. The molecule has 0 bridgehead atoms. The number of carboxylic acid groups (broad SMARTS) is 1. The molecule has 2 rings (SSSR count). The van der Waals surface area contributed by atoms with Crippen LogP contribution in [0.25, 0.3) is 0 Å². The topological polar surface area (TPSA) is 92.7 Å². The van der Waals surface area contributed by atoms with E-state index < -0.39 is 12.0 Å². The number of amides is 1. The maximum atomic E-state index is 12.2. The molecule has 0 spiro atoms. The molecule has 28 heavy (non-hydrogen) atoms. The van der Waals surface area contributed by atoms with Gasteiger partial charge in [-0.1, -0.05) is 18.2 Å². The molecule has 0 saturated carbocycles. The monoisotopic (exact) mass is 383 g/mol. The molecule has 0 aliphatic carbocycles. The van der Waals surface area contributed by atoms with E-state index in [0.717, 1.165) is 11.1 Å². The fraction of sp³-hybridized carbons (Fsp3) is 0.318. The lowest BCUT2D eigenvalue weighted by molar-refractivity contribution is -0.142. The van der Waals surface area contributed by atoms with Gasteiger partial charge in [-0.3, -0.25) is 9.59 Å². The Balaban J connectivity index is 1.85. The Morgan fingerprint density at radius 3 is 2.36 bits per heavy atom. The molecule has 1 atom stereocenters. The van der Waals surface area contributed by atoms with E-state index in [1.54, 1.807) is 36.4 Å². The second kappa shape index (κ2) is 9.69. The molecule has 0 saturated heterocycles. The number of aliphatic carboxylic acids is 1. The minimum atomic E-state index is -1.09. The molecule has 148 valence electrons. The van der Waals surface area contributed by atoms with Crippen molar-refractivity contribution in [2.24, 2.45) is 0 Å². The van der Waals surface area contributed by atoms with Gasteiger partial charge in [0.05, 0.1) is 6.61 Å². The summed E-state index contributed by atoms with van der Waals surface area (Å²) in [6, 6.07) is 11.1. The molecule has 2 N–H and O–H groups in total. The van der Waals surface area contributed by atoms with E-state index in [4.69, 9.17) is 4.74 Å². The highest BCUT2D eigenvalue weighted by atomic mass is 16.5. The van der Waals surface area contributed by atoms with Crippen molar-refractivity contribution in [2.45, 2.75) is 39.7 Å². The van der Waals surface area contributed by atoms with Crippen LogP contribution in [0.15, 0.2) is 42.5 Å². The van der Waals surface area contributed by atoms with Gasteiger partial charge in [-0.25, -0.2) is 4.79 Å². The van der Waals surface area contributed by atoms with E-state index in [1.165, 1.54) is 6.92 Å². The van der Waals surface area contributed by atoms with Crippen LogP contribution in [0.3, 0.4) is 0 Å². The number of carbonyl (C=O) groups is 3. The second-order valence-corrected chi connectivity index (χ2v) is 6.66. The van der Waals surface area contributed by atoms with Crippen LogP contribution in [0.4, 0.5) is 0 Å². The summed E-state index contributed by atoms with van der Waals surface area (Å²) < 4.78 is 5.56. The van der Waals surface area contributed by atoms with Gasteiger partial charge < -0.3 is 15.2 Å². The van der Waals surface area contributed by atoms with E-state index in [-0.39, 0.29) is 18.1 Å². The molecular formula is C22H25NO5. The zero-order chi connectivity index (χ0) is 20.7. The standard InChI is InChI=1S/C22H25NO5/c1-14-6-4-7-19(15(14)2)21(22(26)27)23-20(25)8-5-13-28-18-11-9-17(10-12-18)16(3)24/h4,6-7,9-12,21H,5,8,13H2,1-3H3,(H,23,25)(H,26,27). The molecule has 0 radical (unpaired) electrons. The first kappa shape index (κ1) is 21.2. The van der Waals surface area contributed by atoms with Gasteiger partial charge in [0.25, 0.3) is 0 Å². The van der Waals surface area contributed by atoms with Crippen LogP contribution >= 0.6 is 0 Å². The van der Waals surface area contributed by atoms with Crippen molar-refractivity contribution in [2.75, 3.05) is 6.61 Å². The second-order valence-electron chi connectivity index (χ2n) is 6.66. The first-order chi connectivity index (χ1) is 13.3. The molecule has 0 aromatic heterocycles. The summed E-state index contributed by atoms with van der Waals surface area (Å²) in [5.74, 6) is -0.836. The van der Waals surface area contributed by atoms with Gasteiger partial charge in [-0.2, -0.15) is 0 Å². The average Bonchev–Trinajstić information content (AvgIpc) is 2.66. The van der Waals surface area contributed by atoms with Gasteiger partial charge in [0.1, 0.15) is 5.75 Å². The fourth-order valence-electron chi connectivity index (χ4n) is 2.80. The summed E-state index contributed by atoms with van der Waals surface area (Å²) >= 11 is 0. The van der Waals surface area contributed by atoms with Crippen molar-refractivity contribution in [1.82, 2.24) is 5.32 Å². The van der Waals surface area contributed by atoms with Gasteiger partial charge in [0.15, 0.2) is 11.8 Å². The minimum absolute atomic E-state index is 0.0138. The Morgan fingerprint density at radius 2 is 1.75 bits per heavy atom. The lowest BCUT2D eigenvalue weighted by atomic mass is 9.97. The maximum absolute atomic E-state index is 12.2. The zero-order valence-electron chi connectivity index (χ0n) is 16.3. The molecule has 1 unspecified atom stereocenters. The van der Waals surface area contributed by atoms with Crippen molar-refractivity contribution >= 4 is 17.7 Å². The summed E-state index contributed by atoms with van der Waals surface area (Å²) in [4.78, 5) is 35.1. The van der Waals surface area contributed by atoms with Gasteiger partial charge >= 0.3 is 5.97 Å². The van der Waals surface area contributed by atoms with E-state index in [9.17, 15) is 19.5 Å². The van der Waals surface area contributed by atoms with Gasteiger partial charge in [-0.05, 0) is 68.1 Å². The fourth-order valence-corrected chi connectivity index (χ4v) is 2.80. The van der Waals surface area contributed by atoms with Gasteiger partial charge in [0.2, 0.25) is 5.91 Å². The van der Waals surface area contributed by atoms with E-state index in [2.05, 4.69) is 5.32 Å². The smallest absolute Gasteiger partial charge is 0.330 e. The van der Waals surface area contributed by atoms with Crippen LogP contribution in [0, 0.1) is 13.8 Å². The number of nitrogens with one attached hydrogen (secondary N) is 1. The average molecular weight is 383 g/mol. The van der Waals surface area contributed by atoms with Crippen LogP contribution in [-0.2, 0) is 9.59 Å². The van der Waals surface area contributed by atoms with Crippen molar-refractivity contribution < 1.29 is 24.2 Å². The SMILES string of the molecule is CC(=O)c1ccc(OCCCC(=O)NC(C(=O)O)c2cccc(C)c2C)cc1. The summed E-state index contributed by atoms with van der Waals surface area (Å²) in [6.07, 6.45) is 0.597. The third kappa shape index (κ3) is 5.67. The van der Waals surface area contributed by atoms with Crippen LogP contribution < -0.4 is 10.1 Å². The largest absolute Gasteiger partial charge is 0.494 e. The number of rotatable bonds is 9. The Kier molecular flexibility index (Phi) is 7.32. The summed E-state index contributed by atoms with van der Waals surface area (Å²) in [7, 11) is 0. The molecule has 2 aromatic rings. The van der Waals surface area contributed by atoms with Crippen LogP contribution in [-0.4, -0.2) is 29.4 Å². The van der Waals surface area contributed by atoms with Crippen molar-refractivity contribution in [1.29, 1.82) is 0 Å². The number of ether oxygens (including phenoxy) is 1. The summed E-state index contributed by atoms with van der Waals surface area (Å²) in [5.41, 5.74) is 3.02. The highest BCUT2D eigenvalue weighted by molar-refractivity contribution is 5.94. The number of benzene rings is 2. The quantitative estimate of drug-likeness (QED) is 0.510. The number of aryl methyl sites for hydroxylation is 1.